The Morgan fingerprint density at radius 2 is 1.89 bits per heavy atom. The number of fused-ring (bicyclic) bond motifs is 1. The summed E-state index contributed by atoms with van der Waals surface area (Å²) < 4.78 is 0. The van der Waals surface area contributed by atoms with Crippen molar-refractivity contribution in [2.75, 3.05) is 17.7 Å². The average Bonchev–Trinajstić information content (AvgIpc) is 2.47. The van der Waals surface area contributed by atoms with Gasteiger partial charge in [0.2, 0.25) is 0 Å². The molecule has 1 aliphatic rings. The molecule has 1 heterocycles. The maximum absolute atomic E-state index is 4.24. The number of hydrogen-bond donors (Lipinski definition) is 2. The van der Waals surface area contributed by atoms with Crippen LogP contribution < -0.4 is 10.6 Å². The minimum Gasteiger partial charge on any atom is -0.387 e. The van der Waals surface area contributed by atoms with E-state index in [9.17, 15) is 0 Å². The zero-order valence-electron chi connectivity index (χ0n) is 11.2. The van der Waals surface area contributed by atoms with Crippen LogP contribution in [0.25, 0.3) is 0 Å². The highest BCUT2D eigenvalue weighted by Gasteiger charge is 2.17. The van der Waals surface area contributed by atoms with Gasteiger partial charge < -0.3 is 10.6 Å². The third kappa shape index (κ3) is 2.70. The highest BCUT2D eigenvalue weighted by Crippen LogP contribution is 2.24. The van der Waals surface area contributed by atoms with Gasteiger partial charge in [-0.1, -0.05) is 24.3 Å². The number of aryl methyl sites for hydroxylation is 1. The third-order valence-electron chi connectivity index (χ3n) is 3.74. The Morgan fingerprint density at radius 3 is 2.74 bits per heavy atom. The summed E-state index contributed by atoms with van der Waals surface area (Å²) in [6, 6.07) is 11.4. The standard InChI is InChI=1S/C16H19N3/c1-17-15-9-16(11-18-10-15)19-14-7-6-12-4-2-3-5-13(12)8-14/h2-5,9-11,14,17,19H,6-8H2,1H3. The molecule has 19 heavy (non-hydrogen) atoms. The Bertz CT molecular complexity index is 565. The summed E-state index contributed by atoms with van der Waals surface area (Å²) in [5, 5.41) is 6.71. The summed E-state index contributed by atoms with van der Waals surface area (Å²) in [6.45, 7) is 0. The first-order valence-corrected chi connectivity index (χ1v) is 6.81. The predicted molar refractivity (Wildman–Crippen MR) is 79.7 cm³/mol. The minimum absolute atomic E-state index is 0.504. The van der Waals surface area contributed by atoms with Gasteiger partial charge in [-0.15, -0.1) is 0 Å². The molecule has 0 saturated heterocycles. The number of hydrogen-bond acceptors (Lipinski definition) is 3. The molecular weight excluding hydrogens is 234 g/mol. The van der Waals surface area contributed by atoms with Crippen LogP contribution in [0.5, 0.6) is 0 Å². The number of nitrogens with zero attached hydrogens (tertiary/aromatic N) is 1. The first-order valence-electron chi connectivity index (χ1n) is 6.81. The van der Waals surface area contributed by atoms with Crippen molar-refractivity contribution in [3.63, 3.8) is 0 Å². The van der Waals surface area contributed by atoms with Gasteiger partial charge in [-0.05, 0) is 36.5 Å². The highest BCUT2D eigenvalue weighted by molar-refractivity contribution is 5.54. The molecule has 0 spiro atoms. The molecule has 3 rings (SSSR count). The van der Waals surface area contributed by atoms with E-state index in [2.05, 4.69) is 45.9 Å². The fraction of sp³-hybridized carbons (Fsp3) is 0.312. The Labute approximate surface area is 114 Å². The molecule has 0 saturated carbocycles. The second-order valence-electron chi connectivity index (χ2n) is 5.07. The number of rotatable bonds is 3. The van der Waals surface area contributed by atoms with Crippen molar-refractivity contribution < 1.29 is 0 Å². The SMILES string of the molecule is CNc1cncc(NC2CCc3ccccc3C2)c1. The van der Waals surface area contributed by atoms with Crippen LogP contribution in [-0.4, -0.2) is 18.1 Å². The number of aromatic nitrogens is 1. The van der Waals surface area contributed by atoms with Crippen LogP contribution in [0.3, 0.4) is 0 Å². The fourth-order valence-electron chi connectivity index (χ4n) is 2.71. The molecule has 0 radical (unpaired) electrons. The molecule has 0 fully saturated rings. The minimum atomic E-state index is 0.504. The number of benzene rings is 1. The first-order chi connectivity index (χ1) is 9.35. The average molecular weight is 253 g/mol. The van der Waals surface area contributed by atoms with Crippen LogP contribution in [0.4, 0.5) is 11.4 Å². The normalized spacial score (nSPS) is 17.6. The molecule has 1 atom stereocenters. The summed E-state index contributed by atoms with van der Waals surface area (Å²) in [6.07, 6.45) is 7.16. The van der Waals surface area contributed by atoms with Crippen molar-refractivity contribution in [2.24, 2.45) is 0 Å². The monoisotopic (exact) mass is 253 g/mol. The molecule has 3 nitrogen and oxygen atoms in total. The lowest BCUT2D eigenvalue weighted by atomic mass is 9.88. The van der Waals surface area contributed by atoms with Gasteiger partial charge >= 0.3 is 0 Å². The fourth-order valence-corrected chi connectivity index (χ4v) is 2.71. The van der Waals surface area contributed by atoms with E-state index in [0.29, 0.717) is 6.04 Å². The summed E-state index contributed by atoms with van der Waals surface area (Å²) in [5.41, 5.74) is 5.11. The van der Waals surface area contributed by atoms with E-state index in [4.69, 9.17) is 0 Å². The van der Waals surface area contributed by atoms with Crippen LogP contribution in [0.15, 0.2) is 42.7 Å². The Balaban J connectivity index is 1.71. The lowest BCUT2D eigenvalue weighted by Gasteiger charge is -2.26. The van der Waals surface area contributed by atoms with Gasteiger partial charge in [0.25, 0.3) is 0 Å². The largest absolute Gasteiger partial charge is 0.387 e. The Morgan fingerprint density at radius 1 is 1.11 bits per heavy atom. The van der Waals surface area contributed by atoms with Crippen LogP contribution in [0, 0.1) is 0 Å². The van der Waals surface area contributed by atoms with Gasteiger partial charge in [-0.25, -0.2) is 0 Å². The molecule has 3 heteroatoms. The van der Waals surface area contributed by atoms with Gasteiger partial charge in [0, 0.05) is 13.1 Å². The quantitative estimate of drug-likeness (QED) is 0.882. The molecule has 1 aliphatic carbocycles. The van der Waals surface area contributed by atoms with Gasteiger partial charge in [0.1, 0.15) is 0 Å². The topological polar surface area (TPSA) is 37.0 Å². The van der Waals surface area contributed by atoms with E-state index in [1.807, 2.05) is 19.4 Å². The smallest absolute Gasteiger partial charge is 0.0549 e. The molecular formula is C16H19N3. The summed E-state index contributed by atoms with van der Waals surface area (Å²) in [5.74, 6) is 0. The second-order valence-corrected chi connectivity index (χ2v) is 5.07. The van der Waals surface area contributed by atoms with Crippen molar-refractivity contribution in [2.45, 2.75) is 25.3 Å². The van der Waals surface area contributed by atoms with Crippen molar-refractivity contribution in [1.82, 2.24) is 4.98 Å². The Kier molecular flexibility index (Phi) is 3.36. The van der Waals surface area contributed by atoms with Gasteiger partial charge in [0.15, 0.2) is 0 Å². The van der Waals surface area contributed by atoms with Crippen LogP contribution in [0.1, 0.15) is 17.5 Å². The summed E-state index contributed by atoms with van der Waals surface area (Å²) in [4.78, 5) is 4.24. The predicted octanol–water partition coefficient (Wildman–Crippen LogP) is 3.09. The summed E-state index contributed by atoms with van der Waals surface area (Å²) >= 11 is 0. The molecule has 1 aromatic heterocycles. The van der Waals surface area contributed by atoms with E-state index in [1.54, 1.807) is 0 Å². The highest BCUT2D eigenvalue weighted by atomic mass is 14.9. The first kappa shape index (κ1) is 12.0. The molecule has 0 amide bonds. The van der Waals surface area contributed by atoms with E-state index >= 15 is 0 Å². The van der Waals surface area contributed by atoms with Crippen molar-refractivity contribution in [1.29, 1.82) is 0 Å². The van der Waals surface area contributed by atoms with E-state index in [0.717, 1.165) is 24.2 Å². The molecule has 1 unspecified atom stereocenters. The third-order valence-corrected chi connectivity index (χ3v) is 3.74. The van der Waals surface area contributed by atoms with Crippen LogP contribution in [-0.2, 0) is 12.8 Å². The lowest BCUT2D eigenvalue weighted by molar-refractivity contribution is 0.611. The molecule has 0 aliphatic heterocycles. The van der Waals surface area contributed by atoms with E-state index in [1.165, 1.54) is 17.5 Å². The molecule has 98 valence electrons. The maximum atomic E-state index is 4.24. The number of nitrogens with one attached hydrogen (secondary N) is 2. The van der Waals surface area contributed by atoms with Crippen LogP contribution in [0.2, 0.25) is 0 Å². The van der Waals surface area contributed by atoms with Crippen molar-refractivity contribution >= 4 is 11.4 Å². The lowest BCUT2D eigenvalue weighted by Crippen LogP contribution is -2.27. The van der Waals surface area contributed by atoms with Crippen molar-refractivity contribution in [3.8, 4) is 0 Å². The van der Waals surface area contributed by atoms with E-state index in [-0.39, 0.29) is 0 Å². The zero-order chi connectivity index (χ0) is 13.1. The van der Waals surface area contributed by atoms with Crippen LogP contribution >= 0.6 is 0 Å². The van der Waals surface area contributed by atoms with Gasteiger partial charge in [-0.2, -0.15) is 0 Å². The maximum Gasteiger partial charge on any atom is 0.0549 e. The zero-order valence-corrected chi connectivity index (χ0v) is 11.2. The molecule has 0 bridgehead atoms. The number of pyridine rings is 1. The van der Waals surface area contributed by atoms with Gasteiger partial charge in [-0.3, -0.25) is 4.98 Å². The number of anilines is 2. The summed E-state index contributed by atoms with van der Waals surface area (Å²) in [7, 11) is 1.91. The van der Waals surface area contributed by atoms with E-state index < -0.39 is 0 Å². The molecule has 2 N–H and O–H groups in total. The Hall–Kier alpha value is -2.03. The van der Waals surface area contributed by atoms with Crippen molar-refractivity contribution in [3.05, 3.63) is 53.9 Å². The second kappa shape index (κ2) is 5.31. The molecule has 2 aromatic rings. The molecule has 1 aromatic carbocycles. The van der Waals surface area contributed by atoms with Gasteiger partial charge in [0.05, 0.1) is 23.8 Å².